The Kier molecular flexibility index (Phi) is 3.53. The first kappa shape index (κ1) is 13.9. The van der Waals surface area contributed by atoms with Crippen molar-refractivity contribution in [1.29, 1.82) is 0 Å². The molecular formula is C17H19NO3. The molecule has 1 aromatic rings. The standard InChI is InChI=1S/C17H19NO3/c1-2-10-5-3-4-6-13(10)18-16(19)14-11-7-8-12(9-11)15(14)17(20)21/h3-8,11-12,14-15H,2,9H2,1H3,(H,18,19)(H,20,21)/t11-,12+,14-,15+/m1/s1. The summed E-state index contributed by atoms with van der Waals surface area (Å²) in [7, 11) is 0. The predicted molar refractivity (Wildman–Crippen MR) is 79.8 cm³/mol. The zero-order valence-corrected chi connectivity index (χ0v) is 12.0. The number of carbonyl (C=O) groups excluding carboxylic acids is 1. The summed E-state index contributed by atoms with van der Waals surface area (Å²) >= 11 is 0. The van der Waals surface area contributed by atoms with Crippen molar-refractivity contribution in [3.8, 4) is 0 Å². The fourth-order valence-corrected chi connectivity index (χ4v) is 3.68. The number of aryl methyl sites for hydroxylation is 1. The highest BCUT2D eigenvalue weighted by atomic mass is 16.4. The van der Waals surface area contributed by atoms with Gasteiger partial charge >= 0.3 is 5.97 Å². The number of aliphatic carboxylic acids is 1. The van der Waals surface area contributed by atoms with Gasteiger partial charge in [-0.05, 0) is 36.3 Å². The molecule has 0 saturated heterocycles. The first-order valence-electron chi connectivity index (χ1n) is 7.41. The van der Waals surface area contributed by atoms with Crippen molar-refractivity contribution in [1.82, 2.24) is 0 Å². The number of rotatable bonds is 4. The normalized spacial score (nSPS) is 29.6. The number of anilines is 1. The zero-order valence-electron chi connectivity index (χ0n) is 12.0. The average Bonchev–Trinajstić information content (AvgIpc) is 3.08. The number of carbonyl (C=O) groups is 2. The largest absolute Gasteiger partial charge is 0.481 e. The van der Waals surface area contributed by atoms with Crippen molar-refractivity contribution in [3.63, 3.8) is 0 Å². The van der Waals surface area contributed by atoms with Gasteiger partial charge in [0, 0.05) is 5.69 Å². The van der Waals surface area contributed by atoms with E-state index >= 15 is 0 Å². The number of amides is 1. The molecule has 0 aliphatic heterocycles. The first-order valence-corrected chi connectivity index (χ1v) is 7.41. The van der Waals surface area contributed by atoms with E-state index in [0.717, 1.165) is 24.1 Å². The van der Waals surface area contributed by atoms with Crippen LogP contribution >= 0.6 is 0 Å². The smallest absolute Gasteiger partial charge is 0.307 e. The number of para-hydroxylation sites is 1. The van der Waals surface area contributed by atoms with Gasteiger partial charge in [-0.3, -0.25) is 9.59 Å². The summed E-state index contributed by atoms with van der Waals surface area (Å²) in [6, 6.07) is 7.67. The molecule has 21 heavy (non-hydrogen) atoms. The summed E-state index contributed by atoms with van der Waals surface area (Å²) in [5.41, 5.74) is 1.86. The number of hydrogen-bond donors (Lipinski definition) is 2. The molecule has 2 N–H and O–H groups in total. The fourth-order valence-electron chi connectivity index (χ4n) is 3.68. The molecule has 2 bridgehead atoms. The lowest BCUT2D eigenvalue weighted by Crippen LogP contribution is -2.36. The molecule has 0 radical (unpaired) electrons. The van der Waals surface area contributed by atoms with E-state index < -0.39 is 17.8 Å². The van der Waals surface area contributed by atoms with E-state index in [1.165, 1.54) is 0 Å². The van der Waals surface area contributed by atoms with Crippen LogP contribution in [0, 0.1) is 23.7 Å². The van der Waals surface area contributed by atoms with Gasteiger partial charge in [-0.2, -0.15) is 0 Å². The Morgan fingerprint density at radius 2 is 1.86 bits per heavy atom. The van der Waals surface area contributed by atoms with E-state index in [0.29, 0.717) is 0 Å². The number of nitrogens with one attached hydrogen (secondary N) is 1. The Balaban J connectivity index is 1.82. The molecule has 3 rings (SSSR count). The molecule has 4 heteroatoms. The molecule has 1 aromatic carbocycles. The van der Waals surface area contributed by atoms with Crippen LogP contribution in [0.1, 0.15) is 18.9 Å². The second kappa shape index (κ2) is 5.35. The summed E-state index contributed by atoms with van der Waals surface area (Å²) < 4.78 is 0. The van der Waals surface area contributed by atoms with Crippen LogP contribution in [0.5, 0.6) is 0 Å². The third-order valence-electron chi connectivity index (χ3n) is 4.70. The molecule has 110 valence electrons. The Bertz CT molecular complexity index is 608. The van der Waals surface area contributed by atoms with Crippen LogP contribution in [0.3, 0.4) is 0 Å². The molecule has 1 amide bonds. The summed E-state index contributed by atoms with van der Waals surface area (Å²) in [4.78, 5) is 24.0. The maximum atomic E-state index is 12.6. The van der Waals surface area contributed by atoms with Gasteiger partial charge in [0.05, 0.1) is 11.8 Å². The zero-order chi connectivity index (χ0) is 15.0. The highest BCUT2D eigenvalue weighted by Gasteiger charge is 2.51. The minimum absolute atomic E-state index is 0.00432. The number of carboxylic acid groups (broad SMARTS) is 1. The third kappa shape index (κ3) is 2.35. The van der Waals surface area contributed by atoms with E-state index in [2.05, 4.69) is 5.32 Å². The molecule has 0 heterocycles. The number of allylic oxidation sites excluding steroid dienone is 2. The minimum Gasteiger partial charge on any atom is -0.481 e. The third-order valence-corrected chi connectivity index (χ3v) is 4.70. The molecule has 0 unspecified atom stereocenters. The molecular weight excluding hydrogens is 266 g/mol. The Hall–Kier alpha value is -2.10. The van der Waals surface area contributed by atoms with E-state index in [-0.39, 0.29) is 17.7 Å². The van der Waals surface area contributed by atoms with Crippen molar-refractivity contribution in [3.05, 3.63) is 42.0 Å². The molecule has 4 nitrogen and oxygen atoms in total. The predicted octanol–water partition coefficient (Wildman–Crippen LogP) is 2.71. The van der Waals surface area contributed by atoms with Gasteiger partial charge in [-0.25, -0.2) is 0 Å². The van der Waals surface area contributed by atoms with Crippen LogP contribution in [-0.4, -0.2) is 17.0 Å². The van der Waals surface area contributed by atoms with E-state index in [4.69, 9.17) is 0 Å². The number of benzene rings is 1. The Labute approximate surface area is 123 Å². The van der Waals surface area contributed by atoms with Crippen molar-refractivity contribution in [2.24, 2.45) is 23.7 Å². The van der Waals surface area contributed by atoms with Crippen LogP contribution in [-0.2, 0) is 16.0 Å². The maximum absolute atomic E-state index is 12.6. The lowest BCUT2D eigenvalue weighted by atomic mass is 9.82. The summed E-state index contributed by atoms with van der Waals surface area (Å²) in [5.74, 6) is -2.01. The number of hydrogen-bond acceptors (Lipinski definition) is 2. The average molecular weight is 285 g/mol. The van der Waals surface area contributed by atoms with Gasteiger partial charge in [0.25, 0.3) is 0 Å². The highest BCUT2D eigenvalue weighted by Crippen LogP contribution is 2.48. The van der Waals surface area contributed by atoms with E-state index in [1.54, 1.807) is 0 Å². The number of fused-ring (bicyclic) bond motifs is 2. The molecule has 2 aliphatic carbocycles. The van der Waals surface area contributed by atoms with Gasteiger partial charge in [-0.15, -0.1) is 0 Å². The van der Waals surface area contributed by atoms with Crippen molar-refractivity contribution >= 4 is 17.6 Å². The second-order valence-electron chi connectivity index (χ2n) is 5.84. The molecule has 0 spiro atoms. The van der Waals surface area contributed by atoms with Crippen molar-refractivity contribution < 1.29 is 14.7 Å². The summed E-state index contributed by atoms with van der Waals surface area (Å²) in [6.07, 6.45) is 5.56. The Morgan fingerprint density at radius 1 is 1.19 bits per heavy atom. The summed E-state index contributed by atoms with van der Waals surface area (Å²) in [6.45, 7) is 2.03. The maximum Gasteiger partial charge on any atom is 0.307 e. The van der Waals surface area contributed by atoms with Gasteiger partial charge in [0.2, 0.25) is 5.91 Å². The molecule has 1 fully saturated rings. The topological polar surface area (TPSA) is 66.4 Å². The van der Waals surface area contributed by atoms with Gasteiger partial charge < -0.3 is 10.4 Å². The number of carboxylic acids is 1. The molecule has 1 saturated carbocycles. The molecule has 4 atom stereocenters. The van der Waals surface area contributed by atoms with Crippen molar-refractivity contribution in [2.75, 3.05) is 5.32 Å². The first-order chi connectivity index (χ1) is 10.1. The van der Waals surface area contributed by atoms with E-state index in [1.807, 2.05) is 43.3 Å². The monoisotopic (exact) mass is 285 g/mol. The molecule has 2 aliphatic rings. The van der Waals surface area contributed by atoms with E-state index in [9.17, 15) is 14.7 Å². The SMILES string of the molecule is CCc1ccccc1NC(=O)[C@H]1[C@@H](C(=O)O)[C@H]2C=C[C@@H]1C2. The summed E-state index contributed by atoms with van der Waals surface area (Å²) in [5, 5.41) is 12.3. The fraction of sp³-hybridized carbons (Fsp3) is 0.412. The van der Waals surface area contributed by atoms with Crippen LogP contribution in [0.4, 0.5) is 5.69 Å². The molecule has 0 aromatic heterocycles. The lowest BCUT2D eigenvalue weighted by molar-refractivity contribution is -0.146. The quantitative estimate of drug-likeness (QED) is 0.836. The van der Waals surface area contributed by atoms with Gasteiger partial charge in [0.15, 0.2) is 0 Å². The minimum atomic E-state index is -0.865. The van der Waals surface area contributed by atoms with Crippen LogP contribution in [0.15, 0.2) is 36.4 Å². The van der Waals surface area contributed by atoms with Crippen LogP contribution in [0.25, 0.3) is 0 Å². The second-order valence-corrected chi connectivity index (χ2v) is 5.84. The van der Waals surface area contributed by atoms with Gasteiger partial charge in [0.1, 0.15) is 0 Å². The van der Waals surface area contributed by atoms with Crippen LogP contribution in [0.2, 0.25) is 0 Å². The van der Waals surface area contributed by atoms with Crippen molar-refractivity contribution in [2.45, 2.75) is 19.8 Å². The highest BCUT2D eigenvalue weighted by molar-refractivity contribution is 5.96. The van der Waals surface area contributed by atoms with Crippen LogP contribution < -0.4 is 5.32 Å². The van der Waals surface area contributed by atoms with Gasteiger partial charge in [-0.1, -0.05) is 37.3 Å². The Morgan fingerprint density at radius 3 is 2.52 bits per heavy atom. The lowest BCUT2D eigenvalue weighted by Gasteiger charge is -2.24.